The van der Waals surface area contributed by atoms with Gasteiger partial charge >= 0.3 is 5.97 Å². The standard InChI is InChI=1S/C30H37ClFNO4/c1-16(37-15-20(34)14-33-30(2,3)13-17-8-9-19(31)12-25(17)32)21-6-4-5-7-22(21)23-10-18-11-24(23)27-26(18)28(27)29(35)36/h4-9,12,16,18,20,23-24,26-28,33-34H,10-11,13-15H2,1-3H3,(H,35,36)/t16-,18?,20-,23?,24?,26?,27?,28?/m1/s1. The van der Waals surface area contributed by atoms with Gasteiger partial charge in [-0.2, -0.15) is 0 Å². The molecule has 0 spiro atoms. The van der Waals surface area contributed by atoms with E-state index in [2.05, 4.69) is 23.5 Å². The third-order valence-electron chi connectivity index (χ3n) is 8.94. The van der Waals surface area contributed by atoms with Crippen LogP contribution in [0.1, 0.15) is 62.3 Å². The molecule has 8 atom stereocenters. The summed E-state index contributed by atoms with van der Waals surface area (Å²) in [4.78, 5) is 11.6. The third kappa shape index (κ3) is 5.44. The molecule has 200 valence electrons. The van der Waals surface area contributed by atoms with E-state index in [0.29, 0.717) is 53.1 Å². The van der Waals surface area contributed by atoms with Crippen molar-refractivity contribution in [3.63, 3.8) is 0 Å². The van der Waals surface area contributed by atoms with E-state index in [1.807, 2.05) is 26.8 Å². The Morgan fingerprint density at radius 2 is 1.97 bits per heavy atom. The minimum Gasteiger partial charge on any atom is -0.481 e. The number of aliphatic hydroxyl groups excluding tert-OH is 1. The van der Waals surface area contributed by atoms with Crippen LogP contribution in [0, 0.1) is 35.4 Å². The Balaban J connectivity index is 1.15. The van der Waals surface area contributed by atoms with E-state index in [1.165, 1.54) is 11.6 Å². The number of carbonyl (C=O) groups is 1. The number of carboxylic acid groups (broad SMARTS) is 1. The summed E-state index contributed by atoms with van der Waals surface area (Å²) in [5.74, 6) is 1.00. The SMILES string of the molecule is C[C@@H](OC[C@H](O)CNC(C)(C)Cc1ccc(Cl)cc1F)c1ccccc1C1CC2CC1C1C(C(=O)O)C21. The van der Waals surface area contributed by atoms with Gasteiger partial charge < -0.3 is 20.3 Å². The lowest BCUT2D eigenvalue weighted by Gasteiger charge is -2.29. The van der Waals surface area contributed by atoms with Crippen LogP contribution in [0.25, 0.3) is 0 Å². The first-order valence-electron chi connectivity index (χ1n) is 13.4. The molecule has 0 aromatic heterocycles. The summed E-state index contributed by atoms with van der Waals surface area (Å²) in [7, 11) is 0. The first kappa shape index (κ1) is 26.6. The van der Waals surface area contributed by atoms with Crippen LogP contribution in [0.2, 0.25) is 5.02 Å². The normalized spacial score (nSPS) is 29.7. The van der Waals surface area contributed by atoms with E-state index in [4.69, 9.17) is 16.3 Å². The van der Waals surface area contributed by atoms with Crippen molar-refractivity contribution in [1.29, 1.82) is 0 Å². The van der Waals surface area contributed by atoms with Crippen molar-refractivity contribution >= 4 is 17.6 Å². The van der Waals surface area contributed by atoms with Crippen molar-refractivity contribution in [2.45, 2.75) is 63.7 Å². The van der Waals surface area contributed by atoms with Crippen molar-refractivity contribution in [2.24, 2.45) is 29.6 Å². The average molecular weight is 530 g/mol. The van der Waals surface area contributed by atoms with Crippen molar-refractivity contribution in [2.75, 3.05) is 13.2 Å². The van der Waals surface area contributed by atoms with E-state index in [1.54, 1.807) is 12.1 Å². The summed E-state index contributed by atoms with van der Waals surface area (Å²) in [6.07, 6.45) is 1.77. The number of hydrogen-bond donors (Lipinski definition) is 3. The second-order valence-corrected chi connectivity index (χ2v) is 12.4. The number of aliphatic hydroxyl groups is 1. The van der Waals surface area contributed by atoms with Crippen molar-refractivity contribution in [1.82, 2.24) is 5.32 Å². The summed E-state index contributed by atoms with van der Waals surface area (Å²) in [5.41, 5.74) is 2.55. The van der Waals surface area contributed by atoms with Crippen LogP contribution < -0.4 is 5.32 Å². The maximum atomic E-state index is 14.2. The molecular weight excluding hydrogens is 493 g/mol. The topological polar surface area (TPSA) is 78.8 Å². The second-order valence-electron chi connectivity index (χ2n) is 12.0. The zero-order chi connectivity index (χ0) is 26.5. The number of benzene rings is 2. The molecule has 3 N–H and O–H groups in total. The number of nitrogens with one attached hydrogen (secondary N) is 1. The van der Waals surface area contributed by atoms with Gasteiger partial charge in [-0.05, 0) is 98.4 Å². The van der Waals surface area contributed by atoms with Crippen molar-refractivity contribution in [3.8, 4) is 0 Å². The summed E-state index contributed by atoms with van der Waals surface area (Å²) >= 11 is 5.86. The Kier molecular flexibility index (Phi) is 7.40. The summed E-state index contributed by atoms with van der Waals surface area (Å²) in [6, 6.07) is 13.0. The van der Waals surface area contributed by atoms with E-state index >= 15 is 0 Å². The van der Waals surface area contributed by atoms with Gasteiger partial charge in [0.25, 0.3) is 0 Å². The lowest BCUT2D eigenvalue weighted by molar-refractivity contribution is -0.139. The average Bonchev–Trinajstić information content (AvgIpc) is 3.34. The molecule has 0 amide bonds. The van der Waals surface area contributed by atoms with Gasteiger partial charge in [0, 0.05) is 17.1 Å². The number of halogens is 2. The predicted molar refractivity (Wildman–Crippen MR) is 141 cm³/mol. The van der Waals surface area contributed by atoms with Crippen LogP contribution in [-0.4, -0.2) is 41.0 Å². The molecular formula is C30H37ClFNO4. The Hall–Kier alpha value is -1.99. The Bertz CT molecular complexity index is 1160. The van der Waals surface area contributed by atoms with Crippen molar-refractivity contribution < 1.29 is 24.1 Å². The largest absolute Gasteiger partial charge is 0.481 e. The molecule has 3 fully saturated rings. The first-order chi connectivity index (χ1) is 17.6. The maximum Gasteiger partial charge on any atom is 0.307 e. The molecule has 6 unspecified atom stereocenters. The predicted octanol–water partition coefficient (Wildman–Crippen LogP) is 5.60. The third-order valence-corrected chi connectivity index (χ3v) is 9.18. The highest BCUT2D eigenvalue weighted by molar-refractivity contribution is 6.30. The summed E-state index contributed by atoms with van der Waals surface area (Å²) in [6.45, 7) is 6.46. The van der Waals surface area contributed by atoms with Gasteiger partial charge in [-0.15, -0.1) is 0 Å². The first-order valence-corrected chi connectivity index (χ1v) is 13.7. The molecule has 3 aliphatic rings. The van der Waals surface area contributed by atoms with Gasteiger partial charge in [0.1, 0.15) is 5.82 Å². The quantitative estimate of drug-likeness (QED) is 0.353. The van der Waals surface area contributed by atoms with Crippen LogP contribution in [0.4, 0.5) is 4.39 Å². The number of ether oxygens (including phenoxy) is 1. The number of carboxylic acids is 1. The molecule has 0 saturated heterocycles. The van der Waals surface area contributed by atoms with Gasteiger partial charge in [0.15, 0.2) is 0 Å². The Labute approximate surface area is 223 Å². The molecule has 5 nitrogen and oxygen atoms in total. The molecule has 0 radical (unpaired) electrons. The smallest absolute Gasteiger partial charge is 0.307 e. The van der Waals surface area contributed by atoms with E-state index < -0.39 is 17.6 Å². The molecule has 2 aromatic rings. The fourth-order valence-electron chi connectivity index (χ4n) is 7.28. The molecule has 5 rings (SSSR count). The Morgan fingerprint density at radius 1 is 1.22 bits per heavy atom. The highest BCUT2D eigenvalue weighted by Crippen LogP contribution is 2.73. The molecule has 0 aliphatic heterocycles. The molecule has 37 heavy (non-hydrogen) atoms. The van der Waals surface area contributed by atoms with E-state index in [-0.39, 0.29) is 24.4 Å². The Morgan fingerprint density at radius 3 is 2.70 bits per heavy atom. The van der Waals surface area contributed by atoms with Crippen LogP contribution in [-0.2, 0) is 16.0 Å². The minimum absolute atomic E-state index is 0.141. The van der Waals surface area contributed by atoms with E-state index in [0.717, 1.165) is 18.4 Å². The number of hydrogen-bond acceptors (Lipinski definition) is 4. The van der Waals surface area contributed by atoms with Gasteiger partial charge in [-0.3, -0.25) is 4.79 Å². The molecule has 2 aromatic carbocycles. The molecule has 0 heterocycles. The molecule has 3 aliphatic carbocycles. The number of fused-ring (bicyclic) bond motifs is 5. The van der Waals surface area contributed by atoms with Crippen LogP contribution in [0.3, 0.4) is 0 Å². The number of β-amino-alcohol motifs (C(OH)–C–C–N with tert-alkyl or cyclic N) is 1. The molecule has 3 saturated carbocycles. The highest BCUT2D eigenvalue weighted by Gasteiger charge is 2.70. The zero-order valence-corrected chi connectivity index (χ0v) is 22.4. The molecule has 2 bridgehead atoms. The lowest BCUT2D eigenvalue weighted by Crippen LogP contribution is -2.46. The fraction of sp³-hybridized carbons (Fsp3) is 0.567. The summed E-state index contributed by atoms with van der Waals surface area (Å²) in [5, 5.41) is 23.9. The van der Waals surface area contributed by atoms with Crippen LogP contribution in [0.15, 0.2) is 42.5 Å². The highest BCUT2D eigenvalue weighted by atomic mass is 35.5. The number of rotatable bonds is 11. The zero-order valence-electron chi connectivity index (χ0n) is 21.7. The van der Waals surface area contributed by atoms with Crippen LogP contribution >= 0.6 is 11.6 Å². The fourth-order valence-corrected chi connectivity index (χ4v) is 7.44. The van der Waals surface area contributed by atoms with Crippen molar-refractivity contribution in [3.05, 3.63) is 70.0 Å². The summed E-state index contributed by atoms with van der Waals surface area (Å²) < 4.78 is 20.3. The minimum atomic E-state index is -0.713. The van der Waals surface area contributed by atoms with Gasteiger partial charge in [0.05, 0.1) is 24.7 Å². The monoisotopic (exact) mass is 529 g/mol. The number of aliphatic carboxylic acids is 1. The van der Waals surface area contributed by atoms with Gasteiger partial charge in [-0.25, -0.2) is 4.39 Å². The van der Waals surface area contributed by atoms with E-state index in [9.17, 15) is 19.4 Å². The van der Waals surface area contributed by atoms with Crippen LogP contribution in [0.5, 0.6) is 0 Å². The maximum absolute atomic E-state index is 14.2. The second kappa shape index (κ2) is 10.3. The van der Waals surface area contributed by atoms with Gasteiger partial charge in [-0.1, -0.05) is 41.9 Å². The molecule has 7 heteroatoms. The van der Waals surface area contributed by atoms with Gasteiger partial charge in [0.2, 0.25) is 0 Å². The lowest BCUT2D eigenvalue weighted by atomic mass is 9.80.